The van der Waals surface area contributed by atoms with Gasteiger partial charge in [0.15, 0.2) is 0 Å². The van der Waals surface area contributed by atoms with Crippen molar-refractivity contribution in [3.63, 3.8) is 0 Å². The Hall–Kier alpha value is -1.34. The lowest BCUT2D eigenvalue weighted by Gasteiger charge is -2.48. The number of methoxy groups -OCH3 is 1. The minimum Gasteiger partial charge on any atom is -0.459 e. The maximum Gasteiger partial charge on any atom is 0.311 e. The van der Waals surface area contributed by atoms with Crippen LogP contribution < -0.4 is 0 Å². The molecule has 1 saturated carbocycles. The molecule has 264 valence electrons. The molecule has 0 aromatic carbocycles. The third-order valence-corrected chi connectivity index (χ3v) is 10.4. The molecule has 0 amide bonds. The van der Waals surface area contributed by atoms with E-state index in [4.69, 9.17) is 18.9 Å². The minimum atomic E-state index is -1.71. The molecule has 0 aromatic rings. The van der Waals surface area contributed by atoms with Crippen LogP contribution in [0, 0.1) is 23.7 Å². The van der Waals surface area contributed by atoms with Crippen molar-refractivity contribution in [1.82, 2.24) is 9.80 Å². The number of carbonyl (C=O) groups excluding carboxylic acids is 2. The molecule has 2 aliphatic rings. The van der Waals surface area contributed by atoms with E-state index in [2.05, 4.69) is 11.8 Å². The fourth-order valence-corrected chi connectivity index (χ4v) is 7.94. The van der Waals surface area contributed by atoms with E-state index >= 15 is 0 Å². The van der Waals surface area contributed by atoms with Crippen molar-refractivity contribution in [2.75, 3.05) is 34.8 Å². The number of hydrogen-bond donors (Lipinski definition) is 3. The smallest absolute Gasteiger partial charge is 0.311 e. The maximum atomic E-state index is 13.6. The second-order valence-electron chi connectivity index (χ2n) is 15.0. The summed E-state index contributed by atoms with van der Waals surface area (Å²) < 4.78 is 24.7. The fourth-order valence-electron chi connectivity index (χ4n) is 7.94. The second kappa shape index (κ2) is 16.2. The van der Waals surface area contributed by atoms with Gasteiger partial charge in [0.2, 0.25) is 0 Å². The molecule has 0 bridgehead atoms. The highest BCUT2D eigenvalue weighted by atomic mass is 16.6. The predicted octanol–water partition coefficient (Wildman–Crippen LogP) is 2.86. The predicted molar refractivity (Wildman–Crippen MR) is 173 cm³/mol. The summed E-state index contributed by atoms with van der Waals surface area (Å²) in [6, 6.07) is -0.548. The largest absolute Gasteiger partial charge is 0.459 e. The molecular weight excluding hydrogens is 580 g/mol. The first-order chi connectivity index (χ1) is 20.7. The van der Waals surface area contributed by atoms with Crippen LogP contribution in [0.1, 0.15) is 88.0 Å². The molecule has 5 unspecified atom stereocenters. The highest BCUT2D eigenvalue weighted by molar-refractivity contribution is 5.73. The van der Waals surface area contributed by atoms with E-state index in [9.17, 15) is 24.9 Å². The highest BCUT2D eigenvalue weighted by Crippen LogP contribution is 2.39. The van der Waals surface area contributed by atoms with Crippen LogP contribution >= 0.6 is 0 Å². The van der Waals surface area contributed by atoms with E-state index in [0.29, 0.717) is 25.8 Å². The summed E-state index contributed by atoms with van der Waals surface area (Å²) in [7, 11) is 7.32. The molecule has 2 rings (SSSR count). The van der Waals surface area contributed by atoms with Gasteiger partial charge in [0, 0.05) is 38.6 Å². The number of aliphatic hydroxyl groups excluding tert-OH is 1. The number of hydrogen-bond acceptors (Lipinski definition) is 11. The van der Waals surface area contributed by atoms with E-state index in [1.807, 2.05) is 46.8 Å². The van der Waals surface area contributed by atoms with Gasteiger partial charge in [-0.15, -0.1) is 0 Å². The summed E-state index contributed by atoms with van der Waals surface area (Å²) >= 11 is 0. The van der Waals surface area contributed by atoms with E-state index in [1.54, 1.807) is 20.8 Å². The molecule has 14 atom stereocenters. The Kier molecular flexibility index (Phi) is 14.3. The van der Waals surface area contributed by atoms with Crippen molar-refractivity contribution >= 4 is 11.9 Å². The molecule has 11 heteroatoms. The van der Waals surface area contributed by atoms with Crippen LogP contribution in [0.2, 0.25) is 0 Å². The first-order valence-corrected chi connectivity index (χ1v) is 16.7. The van der Waals surface area contributed by atoms with Crippen molar-refractivity contribution < 1.29 is 43.9 Å². The van der Waals surface area contributed by atoms with E-state index in [1.165, 1.54) is 21.0 Å². The van der Waals surface area contributed by atoms with E-state index < -0.39 is 77.6 Å². The highest BCUT2D eigenvalue weighted by Gasteiger charge is 2.50. The minimum absolute atomic E-state index is 0.0460. The van der Waals surface area contributed by atoms with Gasteiger partial charge in [0.05, 0.1) is 29.8 Å². The normalized spacial score (nSPS) is 45.0. The topological polar surface area (TPSA) is 138 Å². The Morgan fingerprint density at radius 3 is 2.18 bits per heavy atom. The number of nitrogens with zero attached hydrogens (tertiary/aromatic N) is 2. The zero-order valence-electron chi connectivity index (χ0n) is 30.1. The fraction of sp³-hybridized carbons (Fsp3) is 0.941. The Labute approximate surface area is 271 Å². The van der Waals surface area contributed by atoms with Crippen molar-refractivity contribution in [1.29, 1.82) is 0 Å². The number of esters is 2. The lowest BCUT2D eigenvalue weighted by molar-refractivity contribution is -0.219. The average molecular weight is 645 g/mol. The van der Waals surface area contributed by atoms with Crippen molar-refractivity contribution in [3.8, 4) is 0 Å². The standard InChI is InChI=1S/C34H64N2O9/c1-14-27-34(9,41)30(38)23(6)36(12)18-20(3)17-33(8,40)31(21(4)28(42-13)22(5)32(39)45-27)44-26-16-19(2)15-25(35(10)11)29(26)43-24(7)37/h19-23,25-31,38,40-41H,14-18H2,1-13H3/t19?,20-,21+,22?,23-,25?,26-,27?,28?,29-,30-,31-,33-,34-/m1/s1. The van der Waals surface area contributed by atoms with Crippen LogP contribution in [0.5, 0.6) is 0 Å². The Bertz CT molecular complexity index is 960. The third kappa shape index (κ3) is 9.61. The van der Waals surface area contributed by atoms with Gasteiger partial charge in [0.25, 0.3) is 0 Å². The first-order valence-electron chi connectivity index (χ1n) is 16.7. The SMILES string of the molecule is CCC1OC(=O)C(C)C(OC)[C@H](C)[C@@H](O[C@@H]2CC(C)CC(N(C)C)[C@H]2OC(C)=O)[C@](C)(O)C[C@@H](C)CN(C)[C@H](C)[C@@H](O)[C@]1(C)O. The van der Waals surface area contributed by atoms with Gasteiger partial charge in [-0.25, -0.2) is 0 Å². The van der Waals surface area contributed by atoms with E-state index in [0.717, 1.165) is 6.42 Å². The summed E-state index contributed by atoms with van der Waals surface area (Å²) in [5.74, 6) is -2.02. The number of rotatable bonds is 6. The van der Waals surface area contributed by atoms with Crippen molar-refractivity contribution in [2.24, 2.45) is 23.7 Å². The molecule has 45 heavy (non-hydrogen) atoms. The number of carbonyl (C=O) groups is 2. The zero-order valence-corrected chi connectivity index (χ0v) is 30.1. The average Bonchev–Trinajstić information content (AvgIpc) is 2.93. The molecule has 0 aromatic heterocycles. The zero-order chi connectivity index (χ0) is 34.6. The van der Waals surface area contributed by atoms with Crippen molar-refractivity contribution in [2.45, 2.75) is 148 Å². The van der Waals surface area contributed by atoms with Crippen LogP contribution in [0.4, 0.5) is 0 Å². The van der Waals surface area contributed by atoms with Gasteiger partial charge in [-0.05, 0) is 86.4 Å². The molecule has 3 N–H and O–H groups in total. The summed E-state index contributed by atoms with van der Waals surface area (Å²) in [6.07, 6.45) is -2.63. The van der Waals surface area contributed by atoms with Crippen LogP contribution in [-0.2, 0) is 28.5 Å². The van der Waals surface area contributed by atoms with Gasteiger partial charge < -0.3 is 44.1 Å². The monoisotopic (exact) mass is 644 g/mol. The molecule has 11 nitrogen and oxygen atoms in total. The van der Waals surface area contributed by atoms with Gasteiger partial charge in [0.1, 0.15) is 23.9 Å². The van der Waals surface area contributed by atoms with Crippen molar-refractivity contribution in [3.05, 3.63) is 0 Å². The summed E-state index contributed by atoms with van der Waals surface area (Å²) in [5, 5.41) is 35.1. The summed E-state index contributed by atoms with van der Waals surface area (Å²) in [4.78, 5) is 29.9. The molecule has 0 radical (unpaired) electrons. The van der Waals surface area contributed by atoms with Crippen LogP contribution in [-0.4, -0.2) is 132 Å². The molecule has 0 spiro atoms. The van der Waals surface area contributed by atoms with Gasteiger partial charge in [-0.1, -0.05) is 27.7 Å². The van der Waals surface area contributed by atoms with Crippen LogP contribution in [0.3, 0.4) is 0 Å². The van der Waals surface area contributed by atoms with Gasteiger partial charge in [-0.2, -0.15) is 0 Å². The van der Waals surface area contributed by atoms with E-state index in [-0.39, 0.29) is 17.9 Å². The number of ether oxygens (including phenoxy) is 4. The van der Waals surface area contributed by atoms with Crippen LogP contribution in [0.15, 0.2) is 0 Å². The quantitative estimate of drug-likeness (QED) is 0.368. The lowest BCUT2D eigenvalue weighted by atomic mass is 9.77. The summed E-state index contributed by atoms with van der Waals surface area (Å²) in [5.41, 5.74) is -3.09. The maximum absolute atomic E-state index is 13.6. The lowest BCUT2D eigenvalue weighted by Crippen LogP contribution is -2.59. The molecule has 1 saturated heterocycles. The van der Waals surface area contributed by atoms with Gasteiger partial charge in [-0.3, -0.25) is 9.59 Å². The van der Waals surface area contributed by atoms with Crippen LogP contribution in [0.25, 0.3) is 0 Å². The Morgan fingerprint density at radius 2 is 1.67 bits per heavy atom. The number of likely N-dealkylation sites (N-methyl/N-ethyl adjacent to an activating group) is 2. The summed E-state index contributed by atoms with van der Waals surface area (Å²) in [6.45, 7) is 16.6. The Balaban J connectivity index is 2.64. The number of cyclic esters (lactones) is 1. The van der Waals surface area contributed by atoms with Gasteiger partial charge >= 0.3 is 11.9 Å². The molecular formula is C34H64N2O9. The Morgan fingerprint density at radius 1 is 1.07 bits per heavy atom. The molecule has 1 aliphatic carbocycles. The second-order valence-corrected chi connectivity index (χ2v) is 15.0. The molecule has 1 heterocycles. The first kappa shape index (κ1) is 39.8. The third-order valence-electron chi connectivity index (χ3n) is 10.4. The molecule has 2 fully saturated rings. The number of aliphatic hydroxyl groups is 3. The molecule has 1 aliphatic heterocycles.